The van der Waals surface area contributed by atoms with Crippen LogP contribution in [0.2, 0.25) is 0 Å². The molecule has 0 spiro atoms. The fraction of sp³-hybridized carbons (Fsp3) is 0.929. The van der Waals surface area contributed by atoms with Crippen LogP contribution in [0.4, 0.5) is 0 Å². The van der Waals surface area contributed by atoms with E-state index in [-0.39, 0.29) is 0 Å². The Morgan fingerprint density at radius 3 is 1.69 bits per heavy atom. The number of hydrogen-bond acceptors (Lipinski definition) is 1. The third-order valence-electron chi connectivity index (χ3n) is 2.73. The highest BCUT2D eigenvalue weighted by molar-refractivity contribution is 7.80. The zero-order valence-electron chi connectivity index (χ0n) is 11.9. The van der Waals surface area contributed by atoms with Gasteiger partial charge in [-0.3, -0.25) is 0 Å². The molecule has 0 saturated heterocycles. The van der Waals surface area contributed by atoms with E-state index in [9.17, 15) is 0 Å². The lowest BCUT2D eigenvalue weighted by atomic mass is 9.96. The maximum absolute atomic E-state index is 4.84. The van der Waals surface area contributed by atoms with Crippen LogP contribution in [0.1, 0.15) is 72.6 Å². The van der Waals surface area contributed by atoms with Crippen LogP contribution < -0.4 is 5.32 Å². The molecule has 16 heavy (non-hydrogen) atoms. The lowest BCUT2D eigenvalue weighted by molar-refractivity contribution is 0.427. The third kappa shape index (κ3) is 13.9. The minimum Gasteiger partial charge on any atom is -0.383 e. The molecule has 1 N–H and O–H groups in total. The summed E-state index contributed by atoms with van der Waals surface area (Å²) < 4.78 is 0. The lowest BCUT2D eigenvalue weighted by Crippen LogP contribution is -2.13. The molecule has 0 aromatic carbocycles. The van der Waals surface area contributed by atoms with Crippen molar-refractivity contribution in [1.29, 1.82) is 0 Å². The van der Waals surface area contributed by atoms with Crippen LogP contribution >= 0.6 is 12.2 Å². The van der Waals surface area contributed by atoms with Crippen LogP contribution in [-0.2, 0) is 0 Å². The molecule has 0 atom stereocenters. The Balaban J connectivity index is 0. The largest absolute Gasteiger partial charge is 0.383 e. The van der Waals surface area contributed by atoms with Crippen molar-refractivity contribution in [2.24, 2.45) is 5.92 Å². The summed E-state index contributed by atoms with van der Waals surface area (Å²) in [5, 5.41) is 2.90. The van der Waals surface area contributed by atoms with Crippen LogP contribution in [0.5, 0.6) is 0 Å². The summed E-state index contributed by atoms with van der Waals surface area (Å²) in [7, 11) is 1.86. The van der Waals surface area contributed by atoms with Crippen LogP contribution in [-0.4, -0.2) is 12.0 Å². The highest BCUT2D eigenvalue weighted by atomic mass is 32.1. The van der Waals surface area contributed by atoms with Gasteiger partial charge in [-0.15, -0.1) is 0 Å². The molecule has 0 bridgehead atoms. The van der Waals surface area contributed by atoms with E-state index in [1.165, 1.54) is 32.1 Å². The summed E-state index contributed by atoms with van der Waals surface area (Å²) in [5.41, 5.74) is 0. The van der Waals surface area contributed by atoms with E-state index in [1.807, 2.05) is 7.05 Å². The number of nitrogens with one attached hydrogen (secondary N) is 1. The monoisotopic (exact) mass is 245 g/mol. The number of rotatable bonds is 7. The highest BCUT2D eigenvalue weighted by Crippen LogP contribution is 2.16. The van der Waals surface area contributed by atoms with Crippen molar-refractivity contribution in [2.75, 3.05) is 7.05 Å². The molecule has 0 aliphatic rings. The van der Waals surface area contributed by atoms with Gasteiger partial charge < -0.3 is 5.32 Å². The fourth-order valence-electron chi connectivity index (χ4n) is 1.72. The van der Waals surface area contributed by atoms with Gasteiger partial charge in [0.25, 0.3) is 0 Å². The van der Waals surface area contributed by atoms with Gasteiger partial charge in [-0.1, -0.05) is 72.0 Å². The first-order valence-corrected chi connectivity index (χ1v) is 7.27. The van der Waals surface area contributed by atoms with E-state index in [2.05, 4.69) is 33.0 Å². The Bertz CT molecular complexity index is 140. The normalized spacial score (nSPS) is 9.62. The van der Waals surface area contributed by atoms with Crippen molar-refractivity contribution >= 4 is 17.2 Å². The Morgan fingerprint density at radius 2 is 1.50 bits per heavy atom. The summed E-state index contributed by atoms with van der Waals surface area (Å²) in [6.07, 6.45) is 9.12. The number of hydrogen-bond donors (Lipinski definition) is 1. The standard InChI is InChI=1S/C9H20.C5H11NS/c1-4-7-9(6-3)8-5-2;1-3-4-5(7)6-2/h9H,4-8H2,1-3H3;3-4H2,1-2H3,(H,6,7). The SMILES string of the molecule is CCCC(=S)NC.CCCC(CC)CCC. The van der Waals surface area contributed by atoms with E-state index >= 15 is 0 Å². The summed E-state index contributed by atoms with van der Waals surface area (Å²) in [5.74, 6) is 1.01. The van der Waals surface area contributed by atoms with Crippen molar-refractivity contribution in [3.63, 3.8) is 0 Å². The average molecular weight is 245 g/mol. The smallest absolute Gasteiger partial charge is 0.0750 e. The molecular formula is C14H31NS. The van der Waals surface area contributed by atoms with Crippen molar-refractivity contribution in [3.05, 3.63) is 0 Å². The second-order valence-electron chi connectivity index (χ2n) is 4.27. The minimum atomic E-state index is 0.961. The van der Waals surface area contributed by atoms with Crippen molar-refractivity contribution < 1.29 is 0 Å². The molecule has 0 aromatic heterocycles. The maximum Gasteiger partial charge on any atom is 0.0750 e. The molecule has 0 aliphatic carbocycles. The van der Waals surface area contributed by atoms with E-state index in [1.54, 1.807) is 0 Å². The molecule has 98 valence electrons. The molecule has 1 nitrogen and oxygen atoms in total. The molecule has 2 heteroatoms. The van der Waals surface area contributed by atoms with Crippen LogP contribution in [0.25, 0.3) is 0 Å². The molecule has 0 amide bonds. The minimum absolute atomic E-state index is 0.961. The molecule has 0 heterocycles. The van der Waals surface area contributed by atoms with Gasteiger partial charge in [0.1, 0.15) is 0 Å². The van der Waals surface area contributed by atoms with E-state index < -0.39 is 0 Å². The first kappa shape index (κ1) is 18.3. The van der Waals surface area contributed by atoms with E-state index in [0.29, 0.717) is 0 Å². The second-order valence-corrected chi connectivity index (χ2v) is 4.77. The summed E-state index contributed by atoms with van der Waals surface area (Å²) in [6.45, 7) is 8.97. The first-order chi connectivity index (χ1) is 7.65. The Morgan fingerprint density at radius 1 is 1.00 bits per heavy atom. The third-order valence-corrected chi connectivity index (χ3v) is 3.14. The van der Waals surface area contributed by atoms with Gasteiger partial charge in [-0.25, -0.2) is 0 Å². The van der Waals surface area contributed by atoms with E-state index in [0.717, 1.165) is 23.7 Å². The van der Waals surface area contributed by atoms with Crippen molar-refractivity contribution in [2.45, 2.75) is 72.6 Å². The van der Waals surface area contributed by atoms with Crippen molar-refractivity contribution in [1.82, 2.24) is 5.32 Å². The average Bonchev–Trinajstić information content (AvgIpc) is 2.30. The zero-order valence-corrected chi connectivity index (χ0v) is 12.8. The number of thiocarbonyl (C=S) groups is 1. The van der Waals surface area contributed by atoms with Gasteiger partial charge in [0.15, 0.2) is 0 Å². The first-order valence-electron chi connectivity index (χ1n) is 6.86. The van der Waals surface area contributed by atoms with Gasteiger partial charge in [0.2, 0.25) is 0 Å². The predicted molar refractivity (Wildman–Crippen MR) is 80.2 cm³/mol. The van der Waals surface area contributed by atoms with Crippen molar-refractivity contribution in [3.8, 4) is 0 Å². The predicted octanol–water partition coefficient (Wildman–Crippen LogP) is 4.95. The molecule has 0 aliphatic heterocycles. The summed E-state index contributed by atoms with van der Waals surface area (Å²) in [4.78, 5) is 0.961. The maximum atomic E-state index is 4.84. The summed E-state index contributed by atoms with van der Waals surface area (Å²) >= 11 is 4.84. The van der Waals surface area contributed by atoms with Gasteiger partial charge in [-0.05, 0) is 18.8 Å². The Hall–Kier alpha value is -0.110. The molecule has 0 saturated carbocycles. The van der Waals surface area contributed by atoms with Crippen LogP contribution in [0.15, 0.2) is 0 Å². The molecule has 0 unspecified atom stereocenters. The van der Waals surface area contributed by atoms with Gasteiger partial charge >= 0.3 is 0 Å². The molecular weight excluding hydrogens is 214 g/mol. The Kier molecular flexibility index (Phi) is 17.0. The van der Waals surface area contributed by atoms with E-state index in [4.69, 9.17) is 12.2 Å². The van der Waals surface area contributed by atoms with Gasteiger partial charge in [-0.2, -0.15) is 0 Å². The Labute approximate surface area is 108 Å². The van der Waals surface area contributed by atoms with Crippen LogP contribution in [0.3, 0.4) is 0 Å². The molecule has 0 rings (SSSR count). The fourth-order valence-corrected chi connectivity index (χ4v) is 1.93. The molecule has 0 radical (unpaired) electrons. The summed E-state index contributed by atoms with van der Waals surface area (Å²) in [6, 6.07) is 0. The van der Waals surface area contributed by atoms with Gasteiger partial charge in [0.05, 0.1) is 4.99 Å². The van der Waals surface area contributed by atoms with Crippen LogP contribution in [0, 0.1) is 5.92 Å². The quantitative estimate of drug-likeness (QED) is 0.637. The topological polar surface area (TPSA) is 12.0 Å². The molecule has 0 aromatic rings. The molecule has 0 fully saturated rings. The lowest BCUT2D eigenvalue weighted by Gasteiger charge is -2.10. The highest BCUT2D eigenvalue weighted by Gasteiger charge is 2.01. The zero-order chi connectivity index (χ0) is 12.8. The second kappa shape index (κ2) is 14.9. The van der Waals surface area contributed by atoms with Gasteiger partial charge in [0, 0.05) is 7.05 Å².